The first-order valence-corrected chi connectivity index (χ1v) is 7.20. The van der Waals surface area contributed by atoms with Gasteiger partial charge in [0, 0.05) is 23.7 Å². The van der Waals surface area contributed by atoms with E-state index in [1.165, 1.54) is 24.3 Å². The number of aliphatic hydroxyl groups excluding tert-OH is 1. The van der Waals surface area contributed by atoms with Crippen LogP contribution >= 0.6 is 0 Å². The fraction of sp³-hybridized carbons (Fsp3) is 0.111. The second-order valence-electron chi connectivity index (χ2n) is 5.15. The van der Waals surface area contributed by atoms with E-state index in [4.69, 9.17) is 0 Å². The Hall–Kier alpha value is -2.79. The molecule has 1 heterocycles. The van der Waals surface area contributed by atoms with Gasteiger partial charge in [-0.2, -0.15) is 0 Å². The number of hydrogen-bond donors (Lipinski definition) is 2. The number of benzene rings is 2. The quantitative estimate of drug-likeness (QED) is 0.779. The lowest BCUT2D eigenvalue weighted by Crippen LogP contribution is -2.28. The van der Waals surface area contributed by atoms with Crippen molar-refractivity contribution in [3.63, 3.8) is 0 Å². The Labute approximate surface area is 132 Å². The van der Waals surface area contributed by atoms with Gasteiger partial charge in [0.1, 0.15) is 5.82 Å². The Morgan fingerprint density at radius 1 is 1.13 bits per heavy atom. The molecule has 1 atom stereocenters. The van der Waals surface area contributed by atoms with Gasteiger partial charge in [-0.15, -0.1) is 0 Å². The lowest BCUT2D eigenvalue weighted by molar-refractivity contribution is 0.0918. The molecule has 23 heavy (non-hydrogen) atoms. The van der Waals surface area contributed by atoms with Crippen molar-refractivity contribution in [2.75, 3.05) is 6.54 Å². The molecule has 0 radical (unpaired) electrons. The van der Waals surface area contributed by atoms with E-state index in [1.54, 1.807) is 24.4 Å². The van der Waals surface area contributed by atoms with Crippen molar-refractivity contribution >= 4 is 16.8 Å². The molecule has 0 aliphatic heterocycles. The molecule has 2 aromatic carbocycles. The molecule has 0 spiro atoms. The Morgan fingerprint density at radius 3 is 2.70 bits per heavy atom. The minimum atomic E-state index is -0.896. The molecule has 0 aliphatic carbocycles. The molecule has 5 heteroatoms. The summed E-state index contributed by atoms with van der Waals surface area (Å²) < 4.78 is 12.9. The van der Waals surface area contributed by atoms with Gasteiger partial charge in [-0.25, -0.2) is 4.39 Å². The van der Waals surface area contributed by atoms with E-state index >= 15 is 0 Å². The van der Waals surface area contributed by atoms with Crippen molar-refractivity contribution in [1.82, 2.24) is 10.3 Å². The lowest BCUT2D eigenvalue weighted by atomic mass is 10.1. The number of fused-ring (bicyclic) bond motifs is 1. The maximum absolute atomic E-state index is 12.9. The van der Waals surface area contributed by atoms with E-state index in [2.05, 4.69) is 10.3 Å². The summed E-state index contributed by atoms with van der Waals surface area (Å²) >= 11 is 0. The summed E-state index contributed by atoms with van der Waals surface area (Å²) in [4.78, 5) is 16.5. The number of nitrogens with one attached hydrogen (secondary N) is 1. The van der Waals surface area contributed by atoms with Crippen molar-refractivity contribution in [1.29, 1.82) is 0 Å². The van der Waals surface area contributed by atoms with Crippen LogP contribution in [0.5, 0.6) is 0 Å². The highest BCUT2D eigenvalue weighted by Gasteiger charge is 2.13. The zero-order chi connectivity index (χ0) is 16.2. The molecule has 3 aromatic rings. The molecule has 3 rings (SSSR count). The van der Waals surface area contributed by atoms with Gasteiger partial charge in [0.2, 0.25) is 0 Å². The second-order valence-corrected chi connectivity index (χ2v) is 5.15. The topological polar surface area (TPSA) is 62.2 Å². The number of rotatable bonds is 4. The summed E-state index contributed by atoms with van der Waals surface area (Å²) in [7, 11) is 0. The number of pyridine rings is 1. The fourth-order valence-electron chi connectivity index (χ4n) is 2.39. The van der Waals surface area contributed by atoms with Gasteiger partial charge < -0.3 is 10.4 Å². The van der Waals surface area contributed by atoms with E-state index < -0.39 is 6.10 Å². The van der Waals surface area contributed by atoms with Crippen molar-refractivity contribution in [2.24, 2.45) is 0 Å². The van der Waals surface area contributed by atoms with Crippen LogP contribution < -0.4 is 5.32 Å². The smallest absolute Gasteiger partial charge is 0.252 e. The summed E-state index contributed by atoms with van der Waals surface area (Å²) in [5, 5.41) is 13.5. The first-order valence-electron chi connectivity index (χ1n) is 7.20. The number of hydrogen-bond acceptors (Lipinski definition) is 3. The van der Waals surface area contributed by atoms with Gasteiger partial charge in [0.25, 0.3) is 5.91 Å². The van der Waals surface area contributed by atoms with Crippen LogP contribution in [0.15, 0.2) is 60.8 Å². The zero-order valence-corrected chi connectivity index (χ0v) is 12.2. The van der Waals surface area contributed by atoms with E-state index in [0.29, 0.717) is 11.1 Å². The number of nitrogens with zero attached hydrogens (tertiary/aromatic N) is 1. The molecule has 0 bridgehead atoms. The first-order chi connectivity index (χ1) is 11.1. The number of carbonyl (C=O) groups is 1. The third kappa shape index (κ3) is 3.35. The summed E-state index contributed by atoms with van der Waals surface area (Å²) in [5.41, 5.74) is 1.78. The average Bonchev–Trinajstić information content (AvgIpc) is 2.59. The molecule has 2 N–H and O–H groups in total. The van der Waals surface area contributed by atoms with E-state index in [-0.39, 0.29) is 18.3 Å². The van der Waals surface area contributed by atoms with Gasteiger partial charge in [-0.05, 0) is 35.9 Å². The minimum Gasteiger partial charge on any atom is -0.387 e. The van der Waals surface area contributed by atoms with Crippen LogP contribution in [-0.4, -0.2) is 22.5 Å². The number of aromatic nitrogens is 1. The van der Waals surface area contributed by atoms with E-state index in [0.717, 1.165) is 10.9 Å². The normalized spacial score (nSPS) is 12.1. The molecular weight excluding hydrogens is 295 g/mol. The summed E-state index contributed by atoms with van der Waals surface area (Å²) in [6.45, 7) is 0.0428. The van der Waals surface area contributed by atoms with Crippen molar-refractivity contribution in [2.45, 2.75) is 6.10 Å². The highest BCUT2D eigenvalue weighted by molar-refractivity contribution is 6.06. The van der Waals surface area contributed by atoms with Crippen LogP contribution in [0.3, 0.4) is 0 Å². The van der Waals surface area contributed by atoms with Gasteiger partial charge in [-0.3, -0.25) is 9.78 Å². The van der Waals surface area contributed by atoms with Crippen LogP contribution in [0.2, 0.25) is 0 Å². The van der Waals surface area contributed by atoms with Crippen molar-refractivity contribution in [3.05, 3.63) is 77.7 Å². The molecule has 1 aromatic heterocycles. The Balaban J connectivity index is 1.72. The molecule has 116 valence electrons. The van der Waals surface area contributed by atoms with Gasteiger partial charge in [-0.1, -0.05) is 24.3 Å². The van der Waals surface area contributed by atoms with E-state index in [9.17, 15) is 14.3 Å². The molecule has 4 nitrogen and oxygen atoms in total. The number of halogens is 1. The van der Waals surface area contributed by atoms with Crippen LogP contribution in [0.4, 0.5) is 4.39 Å². The molecule has 0 saturated heterocycles. The van der Waals surface area contributed by atoms with Gasteiger partial charge >= 0.3 is 0 Å². The third-order valence-electron chi connectivity index (χ3n) is 3.60. The van der Waals surface area contributed by atoms with Crippen LogP contribution in [0.1, 0.15) is 22.0 Å². The van der Waals surface area contributed by atoms with Crippen LogP contribution in [0.25, 0.3) is 10.9 Å². The minimum absolute atomic E-state index is 0.0428. The Kier molecular flexibility index (Phi) is 4.30. The van der Waals surface area contributed by atoms with Crippen molar-refractivity contribution < 1.29 is 14.3 Å². The lowest BCUT2D eigenvalue weighted by Gasteiger charge is -2.13. The molecular formula is C18H15FN2O2. The summed E-state index contributed by atoms with van der Waals surface area (Å²) in [5.74, 6) is -0.655. The zero-order valence-electron chi connectivity index (χ0n) is 12.2. The molecule has 0 fully saturated rings. The molecule has 1 unspecified atom stereocenters. The molecule has 1 amide bonds. The standard InChI is InChI=1S/C18H15FN2O2/c19-13-8-6-12(7-9-13)17(22)11-21-18(23)15-3-1-5-16-14(15)4-2-10-20-16/h1-10,17,22H,11H2,(H,21,23). The highest BCUT2D eigenvalue weighted by Crippen LogP contribution is 2.17. The average molecular weight is 310 g/mol. The maximum atomic E-state index is 12.9. The number of carbonyl (C=O) groups excluding carboxylic acids is 1. The van der Waals surface area contributed by atoms with E-state index in [1.807, 2.05) is 12.1 Å². The Morgan fingerprint density at radius 2 is 1.91 bits per heavy atom. The monoisotopic (exact) mass is 310 g/mol. The Bertz CT molecular complexity index is 829. The summed E-state index contributed by atoms with van der Waals surface area (Å²) in [6.07, 6.45) is 0.773. The first kappa shape index (κ1) is 15.1. The number of aliphatic hydroxyl groups is 1. The van der Waals surface area contributed by atoms with Gasteiger partial charge in [0.15, 0.2) is 0 Å². The predicted octanol–water partition coefficient (Wildman–Crippen LogP) is 2.84. The van der Waals surface area contributed by atoms with Crippen molar-refractivity contribution in [3.8, 4) is 0 Å². The second kappa shape index (κ2) is 6.54. The highest BCUT2D eigenvalue weighted by atomic mass is 19.1. The predicted molar refractivity (Wildman–Crippen MR) is 85.4 cm³/mol. The van der Waals surface area contributed by atoms with Crippen LogP contribution in [-0.2, 0) is 0 Å². The SMILES string of the molecule is O=C(NCC(O)c1ccc(F)cc1)c1cccc2ncccc12. The summed E-state index contributed by atoms with van der Waals surface area (Å²) in [6, 6.07) is 14.4. The van der Waals surface area contributed by atoms with Crippen LogP contribution in [0, 0.1) is 5.82 Å². The van der Waals surface area contributed by atoms with Gasteiger partial charge in [0.05, 0.1) is 11.6 Å². The molecule has 0 saturated carbocycles. The molecule has 0 aliphatic rings. The largest absolute Gasteiger partial charge is 0.387 e. The number of amides is 1. The maximum Gasteiger partial charge on any atom is 0.252 e. The third-order valence-corrected chi connectivity index (χ3v) is 3.60. The fourth-order valence-corrected chi connectivity index (χ4v) is 2.39.